The number of carbonyl (C=O) groups excluding carboxylic acids is 1. The third-order valence-electron chi connectivity index (χ3n) is 4.93. The third kappa shape index (κ3) is 2.71. The highest BCUT2D eigenvalue weighted by Crippen LogP contribution is 2.29. The van der Waals surface area contributed by atoms with Crippen molar-refractivity contribution in [2.24, 2.45) is 11.8 Å². The molecule has 1 N–H and O–H groups in total. The van der Waals surface area contributed by atoms with Gasteiger partial charge in [-0.05, 0) is 44.7 Å². The molecule has 0 spiro atoms. The zero-order valence-corrected chi connectivity index (χ0v) is 13.2. The molecule has 0 bridgehead atoms. The molecule has 0 aliphatic carbocycles. The molecule has 2 atom stereocenters. The van der Waals surface area contributed by atoms with Crippen molar-refractivity contribution in [2.45, 2.75) is 39.5 Å². The molecule has 2 saturated heterocycles. The second-order valence-electron chi connectivity index (χ2n) is 6.71. The smallest absolute Gasteiger partial charge is 0.259 e. The van der Waals surface area contributed by atoms with Gasteiger partial charge in [-0.25, -0.2) is 0 Å². The predicted octanol–water partition coefficient (Wildman–Crippen LogP) is 2.18. The Morgan fingerprint density at radius 3 is 2.48 bits per heavy atom. The van der Waals surface area contributed by atoms with Gasteiger partial charge < -0.3 is 14.7 Å². The third-order valence-corrected chi connectivity index (χ3v) is 4.93. The maximum atomic E-state index is 12.9. The maximum Gasteiger partial charge on any atom is 0.259 e. The first kappa shape index (κ1) is 14.6. The van der Waals surface area contributed by atoms with Crippen LogP contribution in [-0.4, -0.2) is 42.1 Å². The highest BCUT2D eigenvalue weighted by molar-refractivity contribution is 5.96. The Kier molecular flexibility index (Phi) is 4.02. The lowest BCUT2D eigenvalue weighted by molar-refractivity contribution is 0.0755. The molecule has 0 unspecified atom stereocenters. The van der Waals surface area contributed by atoms with E-state index in [4.69, 9.17) is 4.52 Å². The largest absolute Gasteiger partial charge is 0.360 e. The van der Waals surface area contributed by atoms with E-state index in [-0.39, 0.29) is 11.8 Å². The SMILES string of the molecule is Cc1noc(C(C)C)c1C(=O)N1CC[C@@H]2CNC[C@@H]2CC1. The molecule has 1 aromatic rings. The van der Waals surface area contributed by atoms with Crippen LogP contribution in [0.5, 0.6) is 0 Å². The Morgan fingerprint density at radius 2 is 1.90 bits per heavy atom. The van der Waals surface area contributed by atoms with Crippen molar-refractivity contribution < 1.29 is 9.32 Å². The van der Waals surface area contributed by atoms with E-state index in [0.29, 0.717) is 5.56 Å². The quantitative estimate of drug-likeness (QED) is 0.907. The number of rotatable bonds is 2. The molecule has 2 aliphatic rings. The van der Waals surface area contributed by atoms with E-state index in [9.17, 15) is 4.79 Å². The van der Waals surface area contributed by atoms with Crippen molar-refractivity contribution in [3.05, 3.63) is 17.0 Å². The van der Waals surface area contributed by atoms with Gasteiger partial charge in [-0.15, -0.1) is 0 Å². The van der Waals surface area contributed by atoms with E-state index in [1.807, 2.05) is 25.7 Å². The van der Waals surface area contributed by atoms with Crippen molar-refractivity contribution in [2.75, 3.05) is 26.2 Å². The Hall–Kier alpha value is -1.36. The Labute approximate surface area is 126 Å². The van der Waals surface area contributed by atoms with Gasteiger partial charge in [0.2, 0.25) is 0 Å². The number of hydrogen-bond donors (Lipinski definition) is 1. The zero-order chi connectivity index (χ0) is 15.0. The molecular formula is C16H25N3O2. The molecule has 2 fully saturated rings. The first-order chi connectivity index (χ1) is 10.1. The van der Waals surface area contributed by atoms with E-state index in [1.165, 1.54) is 0 Å². The van der Waals surface area contributed by atoms with Crippen molar-refractivity contribution in [3.8, 4) is 0 Å². The van der Waals surface area contributed by atoms with Crippen LogP contribution in [0.15, 0.2) is 4.52 Å². The van der Waals surface area contributed by atoms with Crippen LogP contribution in [0.25, 0.3) is 0 Å². The summed E-state index contributed by atoms with van der Waals surface area (Å²) in [6.45, 7) is 9.85. The molecule has 2 aliphatic heterocycles. The van der Waals surface area contributed by atoms with E-state index in [2.05, 4.69) is 10.5 Å². The second-order valence-corrected chi connectivity index (χ2v) is 6.71. The summed E-state index contributed by atoms with van der Waals surface area (Å²) >= 11 is 0. The lowest BCUT2D eigenvalue weighted by Crippen LogP contribution is -2.33. The number of aromatic nitrogens is 1. The van der Waals surface area contributed by atoms with Gasteiger partial charge in [0, 0.05) is 19.0 Å². The fourth-order valence-corrected chi connectivity index (χ4v) is 3.62. The first-order valence-electron chi connectivity index (χ1n) is 8.04. The molecule has 0 saturated carbocycles. The highest BCUT2D eigenvalue weighted by Gasteiger charge is 2.33. The molecule has 5 heteroatoms. The highest BCUT2D eigenvalue weighted by atomic mass is 16.5. The molecule has 116 valence electrons. The molecule has 5 nitrogen and oxygen atoms in total. The van der Waals surface area contributed by atoms with Gasteiger partial charge >= 0.3 is 0 Å². The van der Waals surface area contributed by atoms with Crippen molar-refractivity contribution >= 4 is 5.91 Å². The maximum absolute atomic E-state index is 12.9. The van der Waals surface area contributed by atoms with E-state index < -0.39 is 0 Å². The second kappa shape index (κ2) is 5.79. The number of carbonyl (C=O) groups is 1. The number of likely N-dealkylation sites (tertiary alicyclic amines) is 1. The van der Waals surface area contributed by atoms with Gasteiger partial charge in [0.05, 0.1) is 5.69 Å². The lowest BCUT2D eigenvalue weighted by Gasteiger charge is -2.21. The number of nitrogens with one attached hydrogen (secondary N) is 1. The van der Waals surface area contributed by atoms with Crippen LogP contribution in [0, 0.1) is 18.8 Å². The Bertz CT molecular complexity index is 510. The number of nitrogens with zero attached hydrogens (tertiary/aromatic N) is 2. The minimum atomic E-state index is 0.102. The van der Waals surface area contributed by atoms with Crippen molar-refractivity contribution in [1.29, 1.82) is 0 Å². The molecule has 21 heavy (non-hydrogen) atoms. The van der Waals surface area contributed by atoms with Gasteiger partial charge in [-0.2, -0.15) is 0 Å². The van der Waals surface area contributed by atoms with Crippen LogP contribution in [0.1, 0.15) is 54.4 Å². The summed E-state index contributed by atoms with van der Waals surface area (Å²) in [6, 6.07) is 0. The summed E-state index contributed by atoms with van der Waals surface area (Å²) in [7, 11) is 0. The fraction of sp³-hybridized carbons (Fsp3) is 0.750. The number of hydrogen-bond acceptors (Lipinski definition) is 4. The lowest BCUT2D eigenvalue weighted by atomic mass is 9.92. The van der Waals surface area contributed by atoms with Crippen LogP contribution < -0.4 is 5.32 Å². The molecule has 3 rings (SSSR count). The zero-order valence-electron chi connectivity index (χ0n) is 13.2. The van der Waals surface area contributed by atoms with Gasteiger partial charge in [0.25, 0.3) is 5.91 Å². The minimum Gasteiger partial charge on any atom is -0.360 e. The molecule has 3 heterocycles. The van der Waals surface area contributed by atoms with Crippen molar-refractivity contribution in [3.63, 3.8) is 0 Å². The van der Waals surface area contributed by atoms with Crippen LogP contribution >= 0.6 is 0 Å². The summed E-state index contributed by atoms with van der Waals surface area (Å²) in [5.41, 5.74) is 1.41. The first-order valence-corrected chi connectivity index (χ1v) is 8.04. The Morgan fingerprint density at radius 1 is 1.29 bits per heavy atom. The Balaban J connectivity index is 1.78. The standard InChI is InChI=1S/C16H25N3O2/c1-10(2)15-14(11(3)18-21-15)16(20)19-6-4-12-8-17-9-13(12)5-7-19/h10,12-13,17H,4-9H2,1-3H3/t12-,13+. The van der Waals surface area contributed by atoms with Gasteiger partial charge in [0.15, 0.2) is 5.76 Å². The summed E-state index contributed by atoms with van der Waals surface area (Å²) in [5.74, 6) is 2.47. The fourth-order valence-electron chi connectivity index (χ4n) is 3.62. The van der Waals surface area contributed by atoms with Crippen molar-refractivity contribution in [1.82, 2.24) is 15.4 Å². The molecule has 1 aromatic heterocycles. The molecule has 0 aromatic carbocycles. The normalized spacial score (nSPS) is 26.0. The van der Waals surface area contributed by atoms with Gasteiger partial charge in [-0.3, -0.25) is 4.79 Å². The van der Waals surface area contributed by atoms with Crippen LogP contribution in [0.2, 0.25) is 0 Å². The number of aryl methyl sites for hydroxylation is 1. The average molecular weight is 291 g/mol. The van der Waals surface area contributed by atoms with Crippen LogP contribution in [0.3, 0.4) is 0 Å². The number of amides is 1. The number of fused-ring (bicyclic) bond motifs is 1. The predicted molar refractivity (Wildman–Crippen MR) is 80.3 cm³/mol. The molecule has 1 amide bonds. The van der Waals surface area contributed by atoms with E-state index in [1.54, 1.807) is 0 Å². The average Bonchev–Trinajstić information content (AvgIpc) is 3.00. The summed E-state index contributed by atoms with van der Waals surface area (Å²) in [5, 5.41) is 7.47. The van der Waals surface area contributed by atoms with Gasteiger partial charge in [0.1, 0.15) is 5.56 Å². The minimum absolute atomic E-state index is 0.102. The topological polar surface area (TPSA) is 58.4 Å². The summed E-state index contributed by atoms with van der Waals surface area (Å²) in [4.78, 5) is 14.9. The van der Waals surface area contributed by atoms with Gasteiger partial charge in [-0.1, -0.05) is 19.0 Å². The molecular weight excluding hydrogens is 266 g/mol. The van der Waals surface area contributed by atoms with E-state index in [0.717, 1.165) is 62.3 Å². The summed E-state index contributed by atoms with van der Waals surface area (Å²) in [6.07, 6.45) is 2.20. The van der Waals surface area contributed by atoms with Crippen LogP contribution in [-0.2, 0) is 0 Å². The molecule has 0 radical (unpaired) electrons. The van der Waals surface area contributed by atoms with Crippen LogP contribution in [0.4, 0.5) is 0 Å². The summed E-state index contributed by atoms with van der Waals surface area (Å²) < 4.78 is 5.37. The van der Waals surface area contributed by atoms with E-state index >= 15 is 0 Å². The monoisotopic (exact) mass is 291 g/mol.